The Kier molecular flexibility index (Phi) is 6.43. The summed E-state index contributed by atoms with van der Waals surface area (Å²) in [6.45, 7) is 5.43. The first-order chi connectivity index (χ1) is 12.1. The molecule has 1 amide bonds. The van der Waals surface area contributed by atoms with E-state index in [1.54, 1.807) is 11.8 Å². The SMILES string of the molecule is CC(SCc1cccc(Br)c1)C(=O)N1CCN(c2ccccc2)CC1. The molecule has 0 N–H and O–H groups in total. The van der Waals surface area contributed by atoms with Crippen molar-refractivity contribution in [2.24, 2.45) is 0 Å². The van der Waals surface area contributed by atoms with Crippen molar-refractivity contribution in [2.75, 3.05) is 31.1 Å². The predicted molar refractivity (Wildman–Crippen MR) is 110 cm³/mol. The number of anilines is 1. The van der Waals surface area contributed by atoms with Gasteiger partial charge in [0, 0.05) is 42.1 Å². The quantitative estimate of drug-likeness (QED) is 0.717. The van der Waals surface area contributed by atoms with Gasteiger partial charge in [0.05, 0.1) is 5.25 Å². The average molecular weight is 419 g/mol. The van der Waals surface area contributed by atoms with Gasteiger partial charge < -0.3 is 9.80 Å². The van der Waals surface area contributed by atoms with Crippen LogP contribution in [-0.4, -0.2) is 42.2 Å². The number of hydrogen-bond donors (Lipinski definition) is 0. The van der Waals surface area contributed by atoms with Crippen molar-refractivity contribution in [1.29, 1.82) is 0 Å². The van der Waals surface area contributed by atoms with Gasteiger partial charge in [0.15, 0.2) is 0 Å². The number of hydrogen-bond acceptors (Lipinski definition) is 3. The molecule has 1 heterocycles. The number of rotatable bonds is 5. The van der Waals surface area contributed by atoms with Crippen LogP contribution in [0, 0.1) is 0 Å². The lowest BCUT2D eigenvalue weighted by molar-refractivity contribution is -0.130. The van der Waals surface area contributed by atoms with E-state index in [-0.39, 0.29) is 11.2 Å². The van der Waals surface area contributed by atoms with Crippen LogP contribution in [0.2, 0.25) is 0 Å². The molecular weight excluding hydrogens is 396 g/mol. The maximum absolute atomic E-state index is 12.7. The molecule has 3 nitrogen and oxygen atoms in total. The summed E-state index contributed by atoms with van der Waals surface area (Å²) in [5, 5.41) is -0.0118. The van der Waals surface area contributed by atoms with Gasteiger partial charge in [-0.25, -0.2) is 0 Å². The molecular formula is C20H23BrN2OS. The van der Waals surface area contributed by atoms with Crippen molar-refractivity contribution in [3.05, 3.63) is 64.6 Å². The molecule has 1 fully saturated rings. The van der Waals surface area contributed by atoms with Crippen LogP contribution in [0.1, 0.15) is 12.5 Å². The van der Waals surface area contributed by atoms with E-state index in [9.17, 15) is 4.79 Å². The van der Waals surface area contributed by atoms with E-state index in [1.807, 2.05) is 30.0 Å². The monoisotopic (exact) mass is 418 g/mol. The van der Waals surface area contributed by atoms with E-state index in [4.69, 9.17) is 0 Å². The molecule has 25 heavy (non-hydrogen) atoms. The molecule has 0 saturated carbocycles. The second-order valence-electron chi connectivity index (χ2n) is 6.23. The Morgan fingerprint density at radius 1 is 1.08 bits per heavy atom. The predicted octanol–water partition coefficient (Wildman–Crippen LogP) is 4.42. The zero-order valence-electron chi connectivity index (χ0n) is 14.4. The number of nitrogens with zero attached hydrogens (tertiary/aromatic N) is 2. The topological polar surface area (TPSA) is 23.6 Å². The van der Waals surface area contributed by atoms with Gasteiger partial charge in [-0.1, -0.05) is 46.3 Å². The highest BCUT2D eigenvalue weighted by Crippen LogP contribution is 2.23. The summed E-state index contributed by atoms with van der Waals surface area (Å²) < 4.78 is 1.08. The van der Waals surface area contributed by atoms with Gasteiger partial charge >= 0.3 is 0 Å². The number of thioether (sulfide) groups is 1. The van der Waals surface area contributed by atoms with Crippen LogP contribution in [0.15, 0.2) is 59.1 Å². The van der Waals surface area contributed by atoms with Gasteiger partial charge in [-0.05, 0) is 36.8 Å². The van der Waals surface area contributed by atoms with Gasteiger partial charge in [0.1, 0.15) is 0 Å². The summed E-state index contributed by atoms with van der Waals surface area (Å²) >= 11 is 5.21. The smallest absolute Gasteiger partial charge is 0.235 e. The third-order valence-electron chi connectivity index (χ3n) is 4.45. The fraction of sp³-hybridized carbons (Fsp3) is 0.350. The molecule has 0 spiro atoms. The summed E-state index contributed by atoms with van der Waals surface area (Å²) in [7, 11) is 0. The van der Waals surface area contributed by atoms with E-state index >= 15 is 0 Å². The van der Waals surface area contributed by atoms with Crippen molar-refractivity contribution in [3.63, 3.8) is 0 Å². The standard InChI is InChI=1S/C20H23BrN2OS/c1-16(25-15-17-6-5-7-18(21)14-17)20(24)23-12-10-22(11-13-23)19-8-3-2-4-9-19/h2-9,14,16H,10-13,15H2,1H3. The van der Waals surface area contributed by atoms with Crippen LogP contribution >= 0.6 is 27.7 Å². The molecule has 0 aliphatic carbocycles. The fourth-order valence-electron chi connectivity index (χ4n) is 3.00. The highest BCUT2D eigenvalue weighted by molar-refractivity contribution is 9.10. The molecule has 5 heteroatoms. The minimum Gasteiger partial charge on any atom is -0.368 e. The number of halogens is 1. The van der Waals surface area contributed by atoms with Gasteiger partial charge in [0.2, 0.25) is 5.91 Å². The van der Waals surface area contributed by atoms with Crippen LogP contribution in [-0.2, 0) is 10.5 Å². The zero-order valence-corrected chi connectivity index (χ0v) is 16.8. The van der Waals surface area contributed by atoms with E-state index in [0.717, 1.165) is 36.4 Å². The van der Waals surface area contributed by atoms with Crippen LogP contribution < -0.4 is 4.90 Å². The Morgan fingerprint density at radius 2 is 1.80 bits per heavy atom. The van der Waals surface area contributed by atoms with Gasteiger partial charge in [-0.15, -0.1) is 11.8 Å². The normalized spacial score (nSPS) is 15.9. The molecule has 1 unspecified atom stereocenters. The Balaban J connectivity index is 1.48. The van der Waals surface area contributed by atoms with Gasteiger partial charge in [-0.3, -0.25) is 4.79 Å². The average Bonchev–Trinajstić information content (AvgIpc) is 2.66. The maximum atomic E-state index is 12.7. The van der Waals surface area contributed by atoms with Crippen LogP contribution in [0.25, 0.3) is 0 Å². The Labute approximate surface area is 162 Å². The van der Waals surface area contributed by atoms with Gasteiger partial charge in [-0.2, -0.15) is 0 Å². The second-order valence-corrected chi connectivity index (χ2v) is 8.48. The molecule has 1 saturated heterocycles. The molecule has 1 aliphatic heterocycles. The molecule has 0 bridgehead atoms. The Bertz CT molecular complexity index is 702. The van der Waals surface area contributed by atoms with Crippen molar-refractivity contribution < 1.29 is 4.79 Å². The molecule has 3 rings (SSSR count). The number of carbonyl (C=O) groups is 1. The molecule has 132 valence electrons. The number of amides is 1. The summed E-state index contributed by atoms with van der Waals surface area (Å²) in [5.41, 5.74) is 2.49. The van der Waals surface area contributed by atoms with Crippen LogP contribution in [0.3, 0.4) is 0 Å². The number of benzene rings is 2. The first-order valence-electron chi connectivity index (χ1n) is 8.58. The summed E-state index contributed by atoms with van der Waals surface area (Å²) in [6.07, 6.45) is 0. The fourth-order valence-corrected chi connectivity index (χ4v) is 4.36. The lowest BCUT2D eigenvalue weighted by atomic mass is 10.2. The first kappa shape index (κ1) is 18.3. The van der Waals surface area contributed by atoms with Crippen molar-refractivity contribution in [3.8, 4) is 0 Å². The van der Waals surface area contributed by atoms with Crippen molar-refractivity contribution in [2.45, 2.75) is 17.9 Å². The second kappa shape index (κ2) is 8.77. The van der Waals surface area contributed by atoms with E-state index < -0.39 is 0 Å². The Morgan fingerprint density at radius 3 is 2.48 bits per heavy atom. The van der Waals surface area contributed by atoms with Gasteiger partial charge in [0.25, 0.3) is 0 Å². The number of carbonyl (C=O) groups excluding carboxylic acids is 1. The molecule has 1 aliphatic rings. The molecule has 2 aromatic rings. The molecule has 1 atom stereocenters. The van der Waals surface area contributed by atoms with Crippen LogP contribution in [0.5, 0.6) is 0 Å². The van der Waals surface area contributed by atoms with Crippen LogP contribution in [0.4, 0.5) is 5.69 Å². The summed E-state index contributed by atoms with van der Waals surface area (Å²) in [4.78, 5) is 17.1. The van der Waals surface area contributed by atoms with E-state index in [2.05, 4.69) is 57.2 Å². The lowest BCUT2D eigenvalue weighted by Gasteiger charge is -2.37. The third kappa shape index (κ3) is 5.02. The van der Waals surface area contributed by atoms with Crippen molar-refractivity contribution >= 4 is 39.3 Å². The van der Waals surface area contributed by atoms with Crippen molar-refractivity contribution in [1.82, 2.24) is 4.90 Å². The minimum atomic E-state index is -0.0118. The third-order valence-corrected chi connectivity index (χ3v) is 6.14. The highest BCUT2D eigenvalue weighted by Gasteiger charge is 2.25. The minimum absolute atomic E-state index is 0.0118. The van der Waals surface area contributed by atoms with E-state index in [1.165, 1.54) is 11.3 Å². The maximum Gasteiger partial charge on any atom is 0.235 e. The molecule has 0 radical (unpaired) electrons. The molecule has 2 aromatic carbocycles. The summed E-state index contributed by atoms with van der Waals surface area (Å²) in [6, 6.07) is 18.7. The lowest BCUT2D eigenvalue weighted by Crippen LogP contribution is -2.50. The largest absolute Gasteiger partial charge is 0.368 e. The Hall–Kier alpha value is -1.46. The highest BCUT2D eigenvalue weighted by atomic mass is 79.9. The number of piperazine rings is 1. The molecule has 0 aromatic heterocycles. The van der Waals surface area contributed by atoms with E-state index in [0.29, 0.717) is 0 Å². The summed E-state index contributed by atoms with van der Waals surface area (Å²) in [5.74, 6) is 1.11. The zero-order chi connectivity index (χ0) is 17.6. The number of para-hydroxylation sites is 1. The first-order valence-corrected chi connectivity index (χ1v) is 10.4.